The standard InChI is InChI=1S/C25H23Cl2N3O5S/c26-20-10-6-12-22(24(20)27)30(36(33,34)18-7-2-1-3-8-18)17-23(31)28-21-11-5-4-9-19(21)25(32)29-13-15-35-16-14-29/h1-12H,13-17H2,(H,28,31). The molecule has 2 amide bonds. The molecule has 188 valence electrons. The highest BCUT2D eigenvalue weighted by Gasteiger charge is 2.30. The Morgan fingerprint density at radius 3 is 2.31 bits per heavy atom. The maximum atomic E-state index is 13.5. The van der Waals surface area contributed by atoms with Crippen LogP contribution in [-0.2, 0) is 19.6 Å². The number of sulfonamides is 1. The molecular formula is C25H23Cl2N3O5S. The van der Waals surface area contributed by atoms with Crippen molar-refractivity contribution < 1.29 is 22.7 Å². The molecule has 4 rings (SSSR count). The Bertz CT molecular complexity index is 1360. The van der Waals surface area contributed by atoms with Gasteiger partial charge in [-0.05, 0) is 36.4 Å². The summed E-state index contributed by atoms with van der Waals surface area (Å²) in [7, 11) is -4.18. The molecule has 1 aliphatic heterocycles. The van der Waals surface area contributed by atoms with Crippen LogP contribution in [0.3, 0.4) is 0 Å². The summed E-state index contributed by atoms with van der Waals surface area (Å²) in [6.07, 6.45) is 0. The summed E-state index contributed by atoms with van der Waals surface area (Å²) in [6.45, 7) is 1.16. The van der Waals surface area contributed by atoms with E-state index in [1.807, 2.05) is 0 Å². The Morgan fingerprint density at radius 1 is 0.917 bits per heavy atom. The molecular weight excluding hydrogens is 525 g/mol. The van der Waals surface area contributed by atoms with E-state index in [-0.39, 0.29) is 32.2 Å². The first kappa shape index (κ1) is 26.0. The number of nitrogens with one attached hydrogen (secondary N) is 1. The van der Waals surface area contributed by atoms with Gasteiger partial charge in [0.05, 0.1) is 45.1 Å². The average Bonchev–Trinajstić information content (AvgIpc) is 2.90. The van der Waals surface area contributed by atoms with Crippen molar-refractivity contribution in [1.82, 2.24) is 4.90 Å². The van der Waals surface area contributed by atoms with E-state index in [9.17, 15) is 18.0 Å². The van der Waals surface area contributed by atoms with Gasteiger partial charge in [-0.15, -0.1) is 0 Å². The quantitative estimate of drug-likeness (QED) is 0.475. The molecule has 0 saturated carbocycles. The Labute approximate surface area is 219 Å². The predicted octanol–water partition coefficient (Wildman–Crippen LogP) is 4.30. The fourth-order valence-corrected chi connectivity index (χ4v) is 5.64. The van der Waals surface area contributed by atoms with Crippen LogP contribution in [0, 0.1) is 0 Å². The first-order chi connectivity index (χ1) is 17.3. The molecule has 1 N–H and O–H groups in total. The maximum absolute atomic E-state index is 13.5. The molecule has 3 aromatic rings. The number of carbonyl (C=O) groups is 2. The summed E-state index contributed by atoms with van der Waals surface area (Å²) in [6, 6.07) is 18.8. The van der Waals surface area contributed by atoms with E-state index in [1.165, 1.54) is 24.3 Å². The summed E-state index contributed by atoms with van der Waals surface area (Å²) in [5.41, 5.74) is 0.625. The molecule has 11 heteroatoms. The summed E-state index contributed by atoms with van der Waals surface area (Å²) >= 11 is 12.5. The summed E-state index contributed by atoms with van der Waals surface area (Å²) in [5.74, 6) is -0.909. The number of halogens is 2. The van der Waals surface area contributed by atoms with Crippen molar-refractivity contribution in [2.24, 2.45) is 0 Å². The number of rotatable bonds is 7. The van der Waals surface area contributed by atoms with Gasteiger partial charge in [-0.2, -0.15) is 0 Å². The Hall–Kier alpha value is -3.11. The summed E-state index contributed by atoms with van der Waals surface area (Å²) in [5, 5.41) is 2.83. The van der Waals surface area contributed by atoms with Crippen molar-refractivity contribution in [2.45, 2.75) is 4.90 Å². The minimum absolute atomic E-state index is 0.00521. The van der Waals surface area contributed by atoms with Crippen molar-refractivity contribution in [3.8, 4) is 0 Å². The zero-order chi connectivity index (χ0) is 25.7. The van der Waals surface area contributed by atoms with Gasteiger partial charge >= 0.3 is 0 Å². The molecule has 36 heavy (non-hydrogen) atoms. The molecule has 3 aromatic carbocycles. The van der Waals surface area contributed by atoms with Crippen molar-refractivity contribution in [3.05, 3.63) is 88.4 Å². The van der Waals surface area contributed by atoms with Gasteiger partial charge in [-0.25, -0.2) is 8.42 Å². The molecule has 1 saturated heterocycles. The van der Waals surface area contributed by atoms with Crippen LogP contribution in [-0.4, -0.2) is 58.0 Å². The number of hydrogen-bond acceptors (Lipinski definition) is 5. The number of ether oxygens (including phenoxy) is 1. The zero-order valence-electron chi connectivity index (χ0n) is 19.1. The average molecular weight is 548 g/mol. The van der Waals surface area contributed by atoms with E-state index in [0.29, 0.717) is 31.9 Å². The minimum Gasteiger partial charge on any atom is -0.378 e. The van der Waals surface area contributed by atoms with Crippen molar-refractivity contribution >= 4 is 56.4 Å². The highest BCUT2D eigenvalue weighted by molar-refractivity contribution is 7.92. The first-order valence-electron chi connectivity index (χ1n) is 11.1. The monoisotopic (exact) mass is 547 g/mol. The van der Waals surface area contributed by atoms with E-state index < -0.39 is 22.5 Å². The second-order valence-electron chi connectivity index (χ2n) is 7.90. The molecule has 0 radical (unpaired) electrons. The van der Waals surface area contributed by atoms with Crippen LogP contribution in [0.15, 0.2) is 77.7 Å². The highest BCUT2D eigenvalue weighted by atomic mass is 35.5. The van der Waals surface area contributed by atoms with E-state index in [4.69, 9.17) is 27.9 Å². The number of morpholine rings is 1. The third-order valence-electron chi connectivity index (χ3n) is 5.55. The van der Waals surface area contributed by atoms with Gasteiger partial charge in [0, 0.05) is 13.1 Å². The SMILES string of the molecule is O=C(CN(c1cccc(Cl)c1Cl)S(=O)(=O)c1ccccc1)Nc1ccccc1C(=O)N1CCOCC1. The number of carbonyl (C=O) groups excluding carboxylic acids is 2. The summed E-state index contributed by atoms with van der Waals surface area (Å²) < 4.78 is 33.3. The molecule has 0 aliphatic carbocycles. The number of para-hydroxylation sites is 1. The van der Waals surface area contributed by atoms with Gasteiger partial charge in [0.15, 0.2) is 0 Å². The molecule has 1 heterocycles. The van der Waals surface area contributed by atoms with Crippen molar-refractivity contribution in [1.29, 1.82) is 0 Å². The summed E-state index contributed by atoms with van der Waals surface area (Å²) in [4.78, 5) is 27.9. The number of hydrogen-bond donors (Lipinski definition) is 1. The number of anilines is 2. The topological polar surface area (TPSA) is 96.0 Å². The normalized spacial score (nSPS) is 13.8. The van der Waals surface area contributed by atoms with E-state index >= 15 is 0 Å². The van der Waals surface area contributed by atoms with Crippen LogP contribution in [0.5, 0.6) is 0 Å². The lowest BCUT2D eigenvalue weighted by molar-refractivity contribution is -0.114. The highest BCUT2D eigenvalue weighted by Crippen LogP contribution is 2.35. The number of benzene rings is 3. The lowest BCUT2D eigenvalue weighted by Crippen LogP contribution is -2.41. The lowest BCUT2D eigenvalue weighted by atomic mass is 10.1. The van der Waals surface area contributed by atoms with Crippen molar-refractivity contribution in [2.75, 3.05) is 42.5 Å². The second-order valence-corrected chi connectivity index (χ2v) is 10.5. The Morgan fingerprint density at radius 2 is 1.58 bits per heavy atom. The third-order valence-corrected chi connectivity index (χ3v) is 8.13. The van der Waals surface area contributed by atoms with Crippen molar-refractivity contribution in [3.63, 3.8) is 0 Å². The van der Waals surface area contributed by atoms with Crippen LogP contribution in [0.1, 0.15) is 10.4 Å². The van der Waals surface area contributed by atoms with E-state index in [1.54, 1.807) is 53.4 Å². The van der Waals surface area contributed by atoms with Gasteiger partial charge in [-0.3, -0.25) is 13.9 Å². The maximum Gasteiger partial charge on any atom is 0.264 e. The predicted molar refractivity (Wildman–Crippen MR) is 139 cm³/mol. The fourth-order valence-electron chi connectivity index (χ4n) is 3.74. The lowest BCUT2D eigenvalue weighted by Gasteiger charge is -2.28. The number of amides is 2. The van der Waals surface area contributed by atoms with E-state index in [0.717, 1.165) is 4.31 Å². The Kier molecular flexibility index (Phi) is 8.15. The largest absolute Gasteiger partial charge is 0.378 e. The molecule has 1 fully saturated rings. The van der Waals surface area contributed by atoms with Crippen LogP contribution in [0.2, 0.25) is 10.0 Å². The Balaban J connectivity index is 1.64. The van der Waals surface area contributed by atoms with Gasteiger partial charge in [0.1, 0.15) is 6.54 Å². The molecule has 0 atom stereocenters. The number of nitrogens with zero attached hydrogens (tertiary/aromatic N) is 2. The van der Waals surface area contributed by atoms with Crippen LogP contribution < -0.4 is 9.62 Å². The second kappa shape index (κ2) is 11.3. The molecule has 0 unspecified atom stereocenters. The van der Waals surface area contributed by atoms with Gasteiger partial charge in [0.2, 0.25) is 5.91 Å². The van der Waals surface area contributed by atoms with E-state index in [2.05, 4.69) is 5.32 Å². The first-order valence-corrected chi connectivity index (χ1v) is 13.3. The van der Waals surface area contributed by atoms with Crippen LogP contribution in [0.4, 0.5) is 11.4 Å². The van der Waals surface area contributed by atoms with Crippen LogP contribution >= 0.6 is 23.2 Å². The van der Waals surface area contributed by atoms with Gasteiger partial charge in [-0.1, -0.05) is 59.6 Å². The van der Waals surface area contributed by atoms with Gasteiger partial charge in [0.25, 0.3) is 15.9 Å². The zero-order valence-corrected chi connectivity index (χ0v) is 21.4. The van der Waals surface area contributed by atoms with Crippen LogP contribution in [0.25, 0.3) is 0 Å². The molecule has 0 spiro atoms. The minimum atomic E-state index is -4.18. The molecule has 0 aromatic heterocycles. The third kappa shape index (κ3) is 5.65. The van der Waals surface area contributed by atoms with Gasteiger partial charge < -0.3 is 15.0 Å². The smallest absolute Gasteiger partial charge is 0.264 e. The molecule has 1 aliphatic rings. The molecule has 0 bridgehead atoms. The fraction of sp³-hybridized carbons (Fsp3) is 0.200. The molecule has 8 nitrogen and oxygen atoms in total.